The van der Waals surface area contributed by atoms with Gasteiger partial charge in [0.25, 0.3) is 0 Å². The third-order valence-corrected chi connectivity index (χ3v) is 7.08. The number of benzene rings is 3. The van der Waals surface area contributed by atoms with Crippen LogP contribution >= 0.6 is 28.0 Å². The zero-order chi connectivity index (χ0) is 23.4. The Hall–Kier alpha value is -2.12. The van der Waals surface area contributed by atoms with Gasteiger partial charge in [0, 0.05) is 34.3 Å². The van der Waals surface area contributed by atoms with Crippen LogP contribution in [0.4, 0.5) is 0 Å². The predicted octanol–water partition coefficient (Wildman–Crippen LogP) is 6.52. The molecule has 33 heavy (non-hydrogen) atoms. The largest absolute Gasteiger partial charge is 0.457 e. The molecule has 172 valence electrons. The van der Waals surface area contributed by atoms with Crippen molar-refractivity contribution in [3.8, 4) is 0 Å². The summed E-state index contributed by atoms with van der Waals surface area (Å²) in [5.74, 6) is -0.528. The van der Waals surface area contributed by atoms with Crippen molar-refractivity contribution in [2.24, 2.45) is 0 Å². The smallest absolute Gasteiger partial charge is 0.303 e. The molecule has 3 aromatic carbocycles. The molecule has 3 unspecified atom stereocenters. The van der Waals surface area contributed by atoms with E-state index in [4.69, 9.17) is 8.92 Å². The van der Waals surface area contributed by atoms with Crippen molar-refractivity contribution < 1.29 is 18.8 Å². The first-order chi connectivity index (χ1) is 15.9. The van der Waals surface area contributed by atoms with E-state index in [1.54, 1.807) is 0 Å². The second kappa shape index (κ2) is 10.9. The van der Waals surface area contributed by atoms with Gasteiger partial charge in [-0.25, -0.2) is 0 Å². The Labute approximate surface area is 207 Å². The molecule has 0 saturated carbocycles. The highest BCUT2D eigenvalue weighted by molar-refractivity contribution is 9.10. The Balaban J connectivity index is 1.57. The Morgan fingerprint density at radius 2 is 1.82 bits per heavy atom. The van der Waals surface area contributed by atoms with Gasteiger partial charge in [-0.3, -0.25) is 4.79 Å². The van der Waals surface area contributed by atoms with E-state index in [1.165, 1.54) is 30.1 Å². The van der Waals surface area contributed by atoms with E-state index in [-0.39, 0.29) is 18.5 Å². The molecule has 1 aliphatic carbocycles. The number of carbonyl (C=O) groups excluding carboxylic acids is 1. The molecule has 0 fully saturated rings. The van der Waals surface area contributed by atoms with Crippen molar-refractivity contribution in [1.29, 1.82) is 0 Å². The van der Waals surface area contributed by atoms with Gasteiger partial charge in [0.2, 0.25) is 0 Å². The predicted molar refractivity (Wildman–Crippen MR) is 134 cm³/mol. The van der Waals surface area contributed by atoms with Crippen LogP contribution in [0.5, 0.6) is 0 Å². The molecule has 6 heteroatoms. The number of hydrogen-bond donors (Lipinski definition) is 1. The van der Waals surface area contributed by atoms with E-state index in [0.29, 0.717) is 6.42 Å². The zero-order valence-electron chi connectivity index (χ0n) is 18.7. The van der Waals surface area contributed by atoms with Crippen LogP contribution in [0.2, 0.25) is 0 Å². The number of esters is 1. The number of carbonyl (C=O) groups is 1. The van der Waals surface area contributed by atoms with Gasteiger partial charge < -0.3 is 14.0 Å². The Morgan fingerprint density at radius 1 is 1.09 bits per heavy atom. The van der Waals surface area contributed by atoms with Crippen LogP contribution in [0.15, 0.2) is 76.1 Å². The average molecular weight is 527 g/mol. The monoisotopic (exact) mass is 526 g/mol. The van der Waals surface area contributed by atoms with Gasteiger partial charge in [-0.05, 0) is 66.3 Å². The SMILES string of the molecule is CC(=O)OC1c2cc(Br)ccc2Cc2ccccc2C1CC(O)COSc1ccc(C)cc1. The molecule has 0 bridgehead atoms. The molecule has 1 aliphatic rings. The maximum Gasteiger partial charge on any atom is 0.303 e. The fourth-order valence-corrected chi connectivity index (χ4v) is 5.33. The molecule has 4 rings (SSSR count). The lowest BCUT2D eigenvalue weighted by atomic mass is 9.84. The summed E-state index contributed by atoms with van der Waals surface area (Å²) >= 11 is 4.82. The number of aliphatic hydroxyl groups excluding tert-OH is 1. The number of hydrogen-bond acceptors (Lipinski definition) is 5. The first kappa shape index (κ1) is 24.0. The van der Waals surface area contributed by atoms with Crippen molar-refractivity contribution in [2.75, 3.05) is 6.61 Å². The molecular weight excluding hydrogens is 500 g/mol. The first-order valence-electron chi connectivity index (χ1n) is 11.0. The fraction of sp³-hybridized carbons (Fsp3) is 0.296. The lowest BCUT2D eigenvalue weighted by Gasteiger charge is -2.29. The zero-order valence-corrected chi connectivity index (χ0v) is 21.1. The molecule has 0 spiro atoms. The lowest BCUT2D eigenvalue weighted by molar-refractivity contribution is -0.148. The number of halogens is 1. The van der Waals surface area contributed by atoms with Crippen LogP contribution < -0.4 is 0 Å². The van der Waals surface area contributed by atoms with Gasteiger partial charge in [-0.2, -0.15) is 0 Å². The van der Waals surface area contributed by atoms with Gasteiger partial charge in [0.05, 0.1) is 12.7 Å². The van der Waals surface area contributed by atoms with E-state index in [0.717, 1.165) is 32.5 Å². The maximum absolute atomic E-state index is 12.1. The highest BCUT2D eigenvalue weighted by atomic mass is 79.9. The molecule has 3 atom stereocenters. The Bertz CT molecular complexity index is 1120. The van der Waals surface area contributed by atoms with Gasteiger partial charge in [0.15, 0.2) is 0 Å². The summed E-state index contributed by atoms with van der Waals surface area (Å²) in [4.78, 5) is 13.1. The standard InChI is InChI=1S/C27H27BrO4S/c1-17-7-11-23(12-8-17)33-31-16-22(30)15-26-24-6-4-3-5-19(24)13-20-9-10-21(28)14-25(20)27(26)32-18(2)29/h3-12,14,22,26-27,30H,13,15-16H2,1-2H3. The van der Waals surface area contributed by atoms with E-state index in [1.807, 2.05) is 55.5 Å². The number of fused-ring (bicyclic) bond motifs is 2. The maximum atomic E-state index is 12.1. The summed E-state index contributed by atoms with van der Waals surface area (Å²) in [6.45, 7) is 3.65. The molecule has 0 aromatic heterocycles. The second-order valence-corrected chi connectivity index (χ2v) is 10.2. The van der Waals surface area contributed by atoms with Crippen LogP contribution in [0.25, 0.3) is 0 Å². The van der Waals surface area contributed by atoms with Crippen molar-refractivity contribution in [1.82, 2.24) is 0 Å². The highest BCUT2D eigenvalue weighted by Gasteiger charge is 2.35. The summed E-state index contributed by atoms with van der Waals surface area (Å²) in [5.41, 5.74) is 5.57. The van der Waals surface area contributed by atoms with Crippen molar-refractivity contribution in [3.63, 3.8) is 0 Å². The third-order valence-electron chi connectivity index (χ3n) is 5.87. The van der Waals surface area contributed by atoms with E-state index < -0.39 is 12.2 Å². The molecule has 3 aromatic rings. The van der Waals surface area contributed by atoms with Gasteiger partial charge in [-0.1, -0.05) is 64.0 Å². The molecule has 0 radical (unpaired) electrons. The molecule has 0 saturated heterocycles. The first-order valence-corrected chi connectivity index (χ1v) is 12.5. The number of rotatable bonds is 7. The van der Waals surface area contributed by atoms with Crippen molar-refractivity contribution >= 4 is 33.9 Å². The summed E-state index contributed by atoms with van der Waals surface area (Å²) in [5, 5.41) is 10.9. The van der Waals surface area contributed by atoms with Gasteiger partial charge in [0.1, 0.15) is 6.10 Å². The molecule has 0 amide bonds. The molecule has 4 nitrogen and oxygen atoms in total. The van der Waals surface area contributed by atoms with E-state index >= 15 is 0 Å². The summed E-state index contributed by atoms with van der Waals surface area (Å²) in [6, 6.07) is 22.4. The minimum atomic E-state index is -0.715. The lowest BCUT2D eigenvalue weighted by Crippen LogP contribution is -2.24. The average Bonchev–Trinajstić information content (AvgIpc) is 2.90. The second-order valence-electron chi connectivity index (χ2n) is 8.43. The van der Waals surface area contributed by atoms with Crippen molar-refractivity contribution in [2.45, 2.75) is 49.7 Å². The highest BCUT2D eigenvalue weighted by Crippen LogP contribution is 2.44. The van der Waals surface area contributed by atoms with Gasteiger partial charge >= 0.3 is 5.97 Å². The minimum Gasteiger partial charge on any atom is -0.457 e. The van der Waals surface area contributed by atoms with E-state index in [2.05, 4.69) is 34.1 Å². The quantitative estimate of drug-likeness (QED) is 0.280. The van der Waals surface area contributed by atoms with Crippen LogP contribution in [0, 0.1) is 6.92 Å². The Kier molecular flexibility index (Phi) is 7.91. The number of aliphatic hydroxyl groups is 1. The van der Waals surface area contributed by atoms with E-state index in [9.17, 15) is 9.90 Å². The summed E-state index contributed by atoms with van der Waals surface area (Å²) in [7, 11) is 0. The summed E-state index contributed by atoms with van der Waals surface area (Å²) in [6.07, 6.45) is -0.0380. The minimum absolute atomic E-state index is 0.176. The van der Waals surface area contributed by atoms with Crippen molar-refractivity contribution in [3.05, 3.63) is 99.0 Å². The normalized spacial score (nSPS) is 18.1. The molecule has 0 heterocycles. The third kappa shape index (κ3) is 6.07. The van der Waals surface area contributed by atoms with Crippen LogP contribution in [0.1, 0.15) is 53.2 Å². The van der Waals surface area contributed by atoms with Crippen LogP contribution in [0.3, 0.4) is 0 Å². The van der Waals surface area contributed by atoms with Crippen LogP contribution in [-0.2, 0) is 20.1 Å². The summed E-state index contributed by atoms with van der Waals surface area (Å²) < 4.78 is 12.6. The number of ether oxygens (including phenoxy) is 1. The molecule has 1 N–H and O–H groups in total. The molecule has 0 aliphatic heterocycles. The Morgan fingerprint density at radius 3 is 2.58 bits per heavy atom. The number of aryl methyl sites for hydroxylation is 1. The fourth-order valence-electron chi connectivity index (χ4n) is 4.34. The van der Waals surface area contributed by atoms with Gasteiger partial charge in [-0.15, -0.1) is 0 Å². The topological polar surface area (TPSA) is 55.8 Å². The molecular formula is C27H27BrO4S. The van der Waals surface area contributed by atoms with Crippen LogP contribution in [-0.4, -0.2) is 23.8 Å².